The van der Waals surface area contributed by atoms with Gasteiger partial charge in [-0.25, -0.2) is 5.48 Å². The number of carboxylic acid groups (broad SMARTS) is 1. The zero-order valence-corrected chi connectivity index (χ0v) is 13.6. The summed E-state index contributed by atoms with van der Waals surface area (Å²) >= 11 is 0. The number of carbonyl (C=O) groups excluding carboxylic acids is 1. The molecule has 1 amide bonds. The fourth-order valence-electron chi connectivity index (χ4n) is 2.21. The van der Waals surface area contributed by atoms with Crippen LogP contribution in [0.1, 0.15) is 44.4 Å². The van der Waals surface area contributed by atoms with E-state index in [1.54, 1.807) is 6.08 Å². The SMILES string of the molecule is CC(C)C[C@@H](NC(C)c1ccc(/C=C/C(=O)NO)cc1)C(=O)O. The fourth-order valence-corrected chi connectivity index (χ4v) is 2.21. The highest BCUT2D eigenvalue weighted by molar-refractivity contribution is 5.90. The van der Waals surface area contributed by atoms with Gasteiger partial charge in [0.15, 0.2) is 0 Å². The van der Waals surface area contributed by atoms with Crippen LogP contribution >= 0.6 is 0 Å². The number of aliphatic carboxylic acids is 1. The average Bonchev–Trinajstić information content (AvgIpc) is 2.51. The third kappa shape index (κ3) is 6.63. The summed E-state index contributed by atoms with van der Waals surface area (Å²) in [6.45, 7) is 5.90. The first kappa shape index (κ1) is 18.9. The number of carbonyl (C=O) groups is 2. The summed E-state index contributed by atoms with van der Waals surface area (Å²) in [7, 11) is 0. The summed E-state index contributed by atoms with van der Waals surface area (Å²) in [6, 6.07) is 6.72. The van der Waals surface area contributed by atoms with Crippen molar-refractivity contribution in [1.29, 1.82) is 0 Å². The Labute approximate surface area is 136 Å². The van der Waals surface area contributed by atoms with Crippen LogP contribution in [0.3, 0.4) is 0 Å². The van der Waals surface area contributed by atoms with E-state index in [9.17, 15) is 14.7 Å². The molecule has 0 heterocycles. The number of amides is 1. The molecule has 126 valence electrons. The van der Waals surface area contributed by atoms with Gasteiger partial charge in [0.05, 0.1) is 0 Å². The van der Waals surface area contributed by atoms with Crippen molar-refractivity contribution < 1.29 is 19.9 Å². The topological polar surface area (TPSA) is 98.7 Å². The minimum atomic E-state index is -0.847. The lowest BCUT2D eigenvalue weighted by molar-refractivity contribution is -0.140. The molecule has 1 unspecified atom stereocenters. The average molecular weight is 320 g/mol. The number of nitrogens with one attached hydrogen (secondary N) is 2. The molecule has 6 heteroatoms. The Bertz CT molecular complexity index is 552. The van der Waals surface area contributed by atoms with Crippen molar-refractivity contribution in [2.75, 3.05) is 0 Å². The second-order valence-corrected chi connectivity index (χ2v) is 5.88. The van der Waals surface area contributed by atoms with E-state index in [4.69, 9.17) is 5.21 Å². The molecule has 4 N–H and O–H groups in total. The van der Waals surface area contributed by atoms with Crippen molar-refractivity contribution in [1.82, 2.24) is 10.8 Å². The van der Waals surface area contributed by atoms with Gasteiger partial charge in [0, 0.05) is 12.1 Å². The normalized spacial score (nSPS) is 14.0. The Kier molecular flexibility index (Phi) is 7.44. The van der Waals surface area contributed by atoms with Crippen LogP contribution in [0, 0.1) is 5.92 Å². The van der Waals surface area contributed by atoms with Crippen molar-refractivity contribution in [2.45, 2.75) is 39.3 Å². The van der Waals surface area contributed by atoms with Gasteiger partial charge in [-0.1, -0.05) is 38.1 Å². The van der Waals surface area contributed by atoms with E-state index >= 15 is 0 Å². The van der Waals surface area contributed by atoms with E-state index in [2.05, 4.69) is 5.32 Å². The second-order valence-electron chi connectivity index (χ2n) is 5.88. The molecule has 0 bridgehead atoms. The highest BCUT2D eigenvalue weighted by Crippen LogP contribution is 2.17. The molecule has 0 aliphatic rings. The van der Waals surface area contributed by atoms with Crippen LogP contribution in [0.15, 0.2) is 30.3 Å². The van der Waals surface area contributed by atoms with Crippen molar-refractivity contribution in [3.8, 4) is 0 Å². The van der Waals surface area contributed by atoms with Gasteiger partial charge in [0.1, 0.15) is 6.04 Å². The largest absolute Gasteiger partial charge is 0.480 e. The van der Waals surface area contributed by atoms with Crippen molar-refractivity contribution in [3.05, 3.63) is 41.5 Å². The molecular formula is C17H24N2O4. The van der Waals surface area contributed by atoms with E-state index in [0.717, 1.165) is 11.1 Å². The lowest BCUT2D eigenvalue weighted by Crippen LogP contribution is -2.39. The first-order valence-corrected chi connectivity index (χ1v) is 7.54. The summed E-state index contributed by atoms with van der Waals surface area (Å²) in [5.74, 6) is -1.15. The van der Waals surface area contributed by atoms with E-state index in [1.165, 1.54) is 11.6 Å². The Morgan fingerprint density at radius 3 is 2.26 bits per heavy atom. The molecule has 0 aromatic heterocycles. The highest BCUT2D eigenvalue weighted by atomic mass is 16.5. The lowest BCUT2D eigenvalue weighted by Gasteiger charge is -2.22. The number of rotatable bonds is 8. The summed E-state index contributed by atoms with van der Waals surface area (Å²) in [6.07, 6.45) is 3.36. The van der Waals surface area contributed by atoms with Crippen molar-refractivity contribution in [2.24, 2.45) is 5.92 Å². The number of carboxylic acids is 1. The molecular weight excluding hydrogens is 296 g/mol. The van der Waals surface area contributed by atoms with E-state index in [1.807, 2.05) is 45.0 Å². The quantitative estimate of drug-likeness (QED) is 0.335. The molecule has 0 aliphatic carbocycles. The van der Waals surface area contributed by atoms with E-state index < -0.39 is 17.9 Å². The Balaban J connectivity index is 2.72. The van der Waals surface area contributed by atoms with Crippen LogP contribution in [-0.4, -0.2) is 28.2 Å². The molecule has 6 nitrogen and oxygen atoms in total. The van der Waals surface area contributed by atoms with Crippen LogP contribution in [0.2, 0.25) is 0 Å². The van der Waals surface area contributed by atoms with Gasteiger partial charge in [-0.3, -0.25) is 20.1 Å². The number of hydroxylamine groups is 1. The molecule has 2 atom stereocenters. The fraction of sp³-hybridized carbons (Fsp3) is 0.412. The van der Waals surface area contributed by atoms with Crippen LogP contribution < -0.4 is 10.8 Å². The van der Waals surface area contributed by atoms with Gasteiger partial charge < -0.3 is 5.11 Å². The van der Waals surface area contributed by atoms with Crippen LogP contribution in [0.25, 0.3) is 6.08 Å². The van der Waals surface area contributed by atoms with Crippen LogP contribution in [0.5, 0.6) is 0 Å². The third-order valence-electron chi connectivity index (χ3n) is 3.43. The van der Waals surface area contributed by atoms with Gasteiger partial charge in [0.25, 0.3) is 5.91 Å². The molecule has 0 saturated carbocycles. The molecule has 23 heavy (non-hydrogen) atoms. The van der Waals surface area contributed by atoms with Gasteiger partial charge >= 0.3 is 5.97 Å². The maximum absolute atomic E-state index is 11.3. The maximum Gasteiger partial charge on any atom is 0.320 e. The standard InChI is InChI=1S/C17H24N2O4/c1-11(2)10-15(17(21)22)18-12(3)14-7-4-13(5-8-14)6-9-16(20)19-23/h4-9,11-12,15,18,23H,10H2,1-3H3,(H,19,20)(H,21,22)/b9-6+/t12?,15-/m1/s1. The molecule has 1 rings (SSSR count). The van der Waals surface area contributed by atoms with E-state index in [0.29, 0.717) is 12.3 Å². The molecule has 1 aromatic carbocycles. The molecule has 0 spiro atoms. The van der Waals surface area contributed by atoms with E-state index in [-0.39, 0.29) is 6.04 Å². The maximum atomic E-state index is 11.3. The summed E-state index contributed by atoms with van der Waals surface area (Å²) in [5, 5.41) is 20.8. The predicted octanol–water partition coefficient (Wildman–Crippen LogP) is 2.36. The van der Waals surface area contributed by atoms with Crippen molar-refractivity contribution in [3.63, 3.8) is 0 Å². The Hall–Kier alpha value is -2.18. The van der Waals surface area contributed by atoms with Gasteiger partial charge in [0.2, 0.25) is 0 Å². The smallest absolute Gasteiger partial charge is 0.320 e. The van der Waals surface area contributed by atoms with Gasteiger partial charge in [-0.2, -0.15) is 0 Å². The Morgan fingerprint density at radius 2 is 1.78 bits per heavy atom. The predicted molar refractivity (Wildman–Crippen MR) is 87.8 cm³/mol. The molecule has 0 radical (unpaired) electrons. The summed E-state index contributed by atoms with van der Waals surface area (Å²) in [4.78, 5) is 22.2. The van der Waals surface area contributed by atoms with Gasteiger partial charge in [-0.05, 0) is 36.5 Å². The molecule has 0 saturated heterocycles. The first-order valence-electron chi connectivity index (χ1n) is 7.54. The zero-order chi connectivity index (χ0) is 17.4. The summed E-state index contributed by atoms with van der Waals surface area (Å²) < 4.78 is 0. The minimum absolute atomic E-state index is 0.103. The number of hydrogen-bond donors (Lipinski definition) is 4. The lowest BCUT2D eigenvalue weighted by atomic mass is 10.0. The second kappa shape index (κ2) is 9.07. The highest BCUT2D eigenvalue weighted by Gasteiger charge is 2.21. The van der Waals surface area contributed by atoms with Crippen molar-refractivity contribution >= 4 is 18.0 Å². The van der Waals surface area contributed by atoms with Gasteiger partial charge in [-0.15, -0.1) is 0 Å². The first-order chi connectivity index (χ1) is 10.8. The minimum Gasteiger partial charge on any atom is -0.480 e. The van der Waals surface area contributed by atoms with Crippen LogP contribution in [-0.2, 0) is 9.59 Å². The number of benzene rings is 1. The molecule has 0 fully saturated rings. The third-order valence-corrected chi connectivity index (χ3v) is 3.43. The summed E-state index contributed by atoms with van der Waals surface area (Å²) in [5.41, 5.74) is 3.29. The molecule has 1 aromatic rings. The Morgan fingerprint density at radius 1 is 1.17 bits per heavy atom. The monoisotopic (exact) mass is 320 g/mol. The van der Waals surface area contributed by atoms with Crippen LogP contribution in [0.4, 0.5) is 0 Å². The zero-order valence-electron chi connectivity index (χ0n) is 13.6. The number of hydrogen-bond acceptors (Lipinski definition) is 4. The molecule has 0 aliphatic heterocycles.